The van der Waals surface area contributed by atoms with E-state index in [2.05, 4.69) is 18.3 Å². The van der Waals surface area contributed by atoms with Gasteiger partial charge in [0.2, 0.25) is 0 Å². The van der Waals surface area contributed by atoms with Crippen molar-refractivity contribution in [2.24, 2.45) is 5.92 Å². The van der Waals surface area contributed by atoms with Crippen LogP contribution in [0.25, 0.3) is 0 Å². The summed E-state index contributed by atoms with van der Waals surface area (Å²) in [7, 11) is 3.65. The summed E-state index contributed by atoms with van der Waals surface area (Å²) in [6.45, 7) is 2.92. The molecule has 15 heavy (non-hydrogen) atoms. The van der Waals surface area contributed by atoms with E-state index in [0.29, 0.717) is 12.0 Å². The van der Waals surface area contributed by atoms with Gasteiger partial charge in [0.1, 0.15) is 0 Å². The molecule has 0 aliphatic carbocycles. The molecular formula is C12H17NO2. The summed E-state index contributed by atoms with van der Waals surface area (Å²) in [6.07, 6.45) is 0. The Morgan fingerprint density at radius 3 is 2.93 bits per heavy atom. The highest BCUT2D eigenvalue weighted by Gasteiger charge is 2.28. The summed E-state index contributed by atoms with van der Waals surface area (Å²) in [4.78, 5) is 0. The molecule has 0 saturated heterocycles. The molecule has 2 rings (SSSR count). The highest BCUT2D eigenvalue weighted by Crippen LogP contribution is 2.40. The van der Waals surface area contributed by atoms with Gasteiger partial charge in [0.15, 0.2) is 11.5 Å². The van der Waals surface area contributed by atoms with Crippen molar-refractivity contribution < 1.29 is 9.47 Å². The van der Waals surface area contributed by atoms with E-state index in [1.165, 1.54) is 5.56 Å². The fourth-order valence-corrected chi connectivity index (χ4v) is 2.15. The summed E-state index contributed by atoms with van der Waals surface area (Å²) in [5, 5.41) is 3.33. The Balaban J connectivity index is 2.45. The van der Waals surface area contributed by atoms with Crippen LogP contribution in [0.5, 0.6) is 11.5 Å². The first-order chi connectivity index (χ1) is 7.27. The van der Waals surface area contributed by atoms with Crippen LogP contribution in [0.4, 0.5) is 0 Å². The normalized spacial score (nSPS) is 24.2. The van der Waals surface area contributed by atoms with Crippen molar-refractivity contribution in [2.75, 3.05) is 20.8 Å². The highest BCUT2D eigenvalue weighted by atomic mass is 16.5. The lowest BCUT2D eigenvalue weighted by Crippen LogP contribution is -2.31. The molecule has 0 spiro atoms. The summed E-state index contributed by atoms with van der Waals surface area (Å²) >= 11 is 0. The van der Waals surface area contributed by atoms with Crippen LogP contribution in [0.15, 0.2) is 18.2 Å². The van der Waals surface area contributed by atoms with Gasteiger partial charge in [-0.1, -0.05) is 19.1 Å². The van der Waals surface area contributed by atoms with Crippen molar-refractivity contribution in [3.8, 4) is 11.5 Å². The number of fused-ring (bicyclic) bond motifs is 1. The molecule has 3 nitrogen and oxygen atoms in total. The molecule has 0 aromatic heterocycles. The molecule has 1 aromatic rings. The lowest BCUT2D eigenvalue weighted by molar-refractivity contribution is 0.185. The van der Waals surface area contributed by atoms with E-state index < -0.39 is 0 Å². The summed E-state index contributed by atoms with van der Waals surface area (Å²) < 4.78 is 11.0. The second-order valence-electron chi connectivity index (χ2n) is 3.93. The van der Waals surface area contributed by atoms with Gasteiger partial charge in [0, 0.05) is 17.5 Å². The lowest BCUT2D eigenvalue weighted by Gasteiger charge is -2.31. The molecule has 0 radical (unpaired) electrons. The van der Waals surface area contributed by atoms with Crippen LogP contribution in [-0.4, -0.2) is 20.8 Å². The van der Waals surface area contributed by atoms with E-state index >= 15 is 0 Å². The maximum Gasteiger partial charge on any atom is 0.165 e. The van der Waals surface area contributed by atoms with Crippen LogP contribution < -0.4 is 14.8 Å². The Labute approximate surface area is 90.4 Å². The fourth-order valence-electron chi connectivity index (χ4n) is 2.15. The van der Waals surface area contributed by atoms with Crippen LogP contribution >= 0.6 is 0 Å². The molecule has 1 aliphatic rings. The first-order valence-corrected chi connectivity index (χ1v) is 5.25. The molecule has 3 heteroatoms. The number of methoxy groups -OCH3 is 1. The van der Waals surface area contributed by atoms with E-state index in [4.69, 9.17) is 9.47 Å². The minimum atomic E-state index is 0.351. The first kappa shape index (κ1) is 10.3. The summed E-state index contributed by atoms with van der Waals surface area (Å²) in [5.74, 6) is 2.19. The zero-order valence-electron chi connectivity index (χ0n) is 9.41. The fraction of sp³-hybridized carbons (Fsp3) is 0.500. The van der Waals surface area contributed by atoms with E-state index in [1.54, 1.807) is 7.11 Å². The molecular weight excluding hydrogens is 190 g/mol. The third kappa shape index (κ3) is 1.67. The topological polar surface area (TPSA) is 30.5 Å². The van der Waals surface area contributed by atoms with Crippen LogP contribution in [0.2, 0.25) is 0 Å². The van der Waals surface area contributed by atoms with Crippen molar-refractivity contribution in [3.63, 3.8) is 0 Å². The first-order valence-electron chi connectivity index (χ1n) is 5.25. The van der Waals surface area contributed by atoms with Gasteiger partial charge in [-0.25, -0.2) is 0 Å². The van der Waals surface area contributed by atoms with Gasteiger partial charge in [0.25, 0.3) is 0 Å². The van der Waals surface area contributed by atoms with Crippen LogP contribution in [0, 0.1) is 5.92 Å². The number of hydrogen-bond donors (Lipinski definition) is 1. The van der Waals surface area contributed by atoms with Crippen molar-refractivity contribution >= 4 is 0 Å². The monoisotopic (exact) mass is 207 g/mol. The number of rotatable bonds is 2. The molecule has 82 valence electrons. The molecule has 1 N–H and O–H groups in total. The molecule has 1 aliphatic heterocycles. The van der Waals surface area contributed by atoms with E-state index in [0.717, 1.165) is 18.1 Å². The van der Waals surface area contributed by atoms with Crippen LogP contribution in [0.3, 0.4) is 0 Å². The van der Waals surface area contributed by atoms with E-state index in [9.17, 15) is 0 Å². The molecule has 0 fully saturated rings. The third-order valence-electron chi connectivity index (χ3n) is 2.93. The average molecular weight is 207 g/mol. The molecule has 1 aromatic carbocycles. The Kier molecular flexibility index (Phi) is 2.82. The molecule has 0 bridgehead atoms. The van der Waals surface area contributed by atoms with Crippen molar-refractivity contribution in [1.29, 1.82) is 0 Å². The number of ether oxygens (including phenoxy) is 2. The van der Waals surface area contributed by atoms with Gasteiger partial charge in [-0.05, 0) is 13.1 Å². The minimum Gasteiger partial charge on any atom is -0.493 e. The zero-order chi connectivity index (χ0) is 10.8. The van der Waals surface area contributed by atoms with Crippen molar-refractivity contribution in [3.05, 3.63) is 23.8 Å². The largest absolute Gasteiger partial charge is 0.493 e. The van der Waals surface area contributed by atoms with Crippen LogP contribution in [-0.2, 0) is 0 Å². The van der Waals surface area contributed by atoms with E-state index in [-0.39, 0.29) is 0 Å². The van der Waals surface area contributed by atoms with Gasteiger partial charge < -0.3 is 14.8 Å². The smallest absolute Gasteiger partial charge is 0.165 e. The quantitative estimate of drug-likeness (QED) is 0.804. The second kappa shape index (κ2) is 4.11. The third-order valence-corrected chi connectivity index (χ3v) is 2.93. The highest BCUT2D eigenvalue weighted by molar-refractivity contribution is 5.49. The van der Waals surface area contributed by atoms with Gasteiger partial charge >= 0.3 is 0 Å². The molecule has 2 unspecified atom stereocenters. The Morgan fingerprint density at radius 2 is 2.27 bits per heavy atom. The summed E-state index contributed by atoms with van der Waals surface area (Å²) in [5.41, 5.74) is 1.19. The predicted molar refractivity (Wildman–Crippen MR) is 59.5 cm³/mol. The van der Waals surface area contributed by atoms with Gasteiger partial charge in [-0.2, -0.15) is 0 Å². The SMILES string of the molecule is CNC1c2cccc(OC)c2OCC1C. The van der Waals surface area contributed by atoms with Crippen LogP contribution in [0.1, 0.15) is 18.5 Å². The van der Waals surface area contributed by atoms with E-state index in [1.807, 2.05) is 19.2 Å². The molecule has 2 atom stereocenters. The minimum absolute atomic E-state index is 0.351. The van der Waals surface area contributed by atoms with Gasteiger partial charge in [-0.3, -0.25) is 0 Å². The Morgan fingerprint density at radius 1 is 1.47 bits per heavy atom. The average Bonchev–Trinajstić information content (AvgIpc) is 2.28. The Hall–Kier alpha value is -1.22. The maximum absolute atomic E-state index is 5.72. The Bertz CT molecular complexity index is 351. The molecule has 0 saturated carbocycles. The number of para-hydroxylation sites is 1. The second-order valence-corrected chi connectivity index (χ2v) is 3.93. The lowest BCUT2D eigenvalue weighted by atomic mass is 9.92. The van der Waals surface area contributed by atoms with Crippen molar-refractivity contribution in [2.45, 2.75) is 13.0 Å². The number of benzene rings is 1. The standard InChI is InChI=1S/C12H17NO2/c1-8-7-15-12-9(11(8)13-2)5-4-6-10(12)14-3/h4-6,8,11,13H,7H2,1-3H3. The molecule has 1 heterocycles. The number of hydrogen-bond acceptors (Lipinski definition) is 3. The zero-order valence-corrected chi connectivity index (χ0v) is 9.41. The number of nitrogens with one attached hydrogen (secondary N) is 1. The van der Waals surface area contributed by atoms with Gasteiger partial charge in [0.05, 0.1) is 13.7 Å². The van der Waals surface area contributed by atoms with Crippen molar-refractivity contribution in [1.82, 2.24) is 5.32 Å². The van der Waals surface area contributed by atoms with Gasteiger partial charge in [-0.15, -0.1) is 0 Å². The maximum atomic E-state index is 5.72. The summed E-state index contributed by atoms with van der Waals surface area (Å²) in [6, 6.07) is 6.38. The molecule has 0 amide bonds. The predicted octanol–water partition coefficient (Wildman–Crippen LogP) is 1.98.